The molecule has 3 aromatic carbocycles. The third-order valence-corrected chi connectivity index (χ3v) is 7.71. The molecule has 0 fully saturated rings. The van der Waals surface area contributed by atoms with Crippen LogP contribution in [0.2, 0.25) is 0 Å². The largest absolute Gasteiger partial charge is 0.508 e. The van der Waals surface area contributed by atoms with Crippen LogP contribution in [0, 0.1) is 20.8 Å². The molecule has 45 heavy (non-hydrogen) atoms. The molecule has 3 amide bonds. The highest BCUT2D eigenvalue weighted by Crippen LogP contribution is 2.28. The molecule has 0 spiro atoms. The number of carbonyl (C=O) groups excluding carboxylic acids is 3. The minimum Gasteiger partial charge on any atom is -0.508 e. The lowest BCUT2D eigenvalue weighted by molar-refractivity contribution is -0.140. The second-order valence-corrected chi connectivity index (χ2v) is 12.7. The first-order chi connectivity index (χ1) is 21.3. The number of benzene rings is 3. The number of ether oxygens (including phenoxy) is 1. The first-order valence-electron chi connectivity index (χ1n) is 15.8. The summed E-state index contributed by atoms with van der Waals surface area (Å²) in [5.41, 5.74) is 4.31. The molecule has 2 unspecified atom stereocenters. The highest BCUT2D eigenvalue weighted by molar-refractivity contribution is 5.99. The number of aryl methyl sites for hydroxylation is 3. The zero-order valence-electron chi connectivity index (χ0n) is 27.8. The Labute approximate surface area is 268 Å². The molecule has 0 aliphatic carbocycles. The Morgan fingerprint density at radius 3 is 2.18 bits per heavy atom. The van der Waals surface area contributed by atoms with E-state index >= 15 is 0 Å². The number of amides is 3. The van der Waals surface area contributed by atoms with Crippen LogP contribution in [0.5, 0.6) is 5.75 Å². The van der Waals surface area contributed by atoms with Crippen LogP contribution in [0.1, 0.15) is 87.2 Å². The van der Waals surface area contributed by atoms with Crippen molar-refractivity contribution in [1.82, 2.24) is 10.2 Å². The van der Waals surface area contributed by atoms with Gasteiger partial charge in [-0.3, -0.25) is 9.59 Å². The fraction of sp³-hybridized carbons (Fsp3) is 0.432. The number of alkyl carbamates (subject to hydrolysis) is 1. The summed E-state index contributed by atoms with van der Waals surface area (Å²) in [4.78, 5) is 43.6. The average molecular weight is 616 g/mol. The summed E-state index contributed by atoms with van der Waals surface area (Å²) >= 11 is 0. The van der Waals surface area contributed by atoms with Crippen molar-refractivity contribution >= 4 is 23.6 Å². The van der Waals surface area contributed by atoms with Gasteiger partial charge in [0.05, 0.1) is 0 Å². The number of unbranched alkanes of at least 4 members (excludes halogenated alkanes) is 3. The summed E-state index contributed by atoms with van der Waals surface area (Å²) in [5, 5.41) is 15.7. The van der Waals surface area contributed by atoms with Gasteiger partial charge < -0.3 is 25.4 Å². The summed E-state index contributed by atoms with van der Waals surface area (Å²) in [6.45, 7) is 13.6. The van der Waals surface area contributed by atoms with Crippen LogP contribution in [-0.2, 0) is 20.7 Å². The Balaban J connectivity index is 2.10. The lowest BCUT2D eigenvalue weighted by Gasteiger charge is -2.35. The Hall–Kier alpha value is -4.33. The van der Waals surface area contributed by atoms with Crippen molar-refractivity contribution in [3.8, 4) is 5.75 Å². The van der Waals surface area contributed by atoms with E-state index in [1.165, 1.54) is 0 Å². The van der Waals surface area contributed by atoms with Gasteiger partial charge in [0.2, 0.25) is 5.91 Å². The quantitative estimate of drug-likeness (QED) is 0.172. The molecule has 0 aromatic heterocycles. The van der Waals surface area contributed by atoms with Gasteiger partial charge in [0, 0.05) is 18.7 Å². The van der Waals surface area contributed by atoms with Crippen LogP contribution in [0.15, 0.2) is 66.7 Å². The summed E-state index contributed by atoms with van der Waals surface area (Å²) in [6.07, 6.45) is 3.02. The Morgan fingerprint density at radius 2 is 1.56 bits per heavy atom. The molecule has 242 valence electrons. The molecule has 3 aromatic rings. The number of anilines is 1. The first kappa shape index (κ1) is 35.2. The van der Waals surface area contributed by atoms with Gasteiger partial charge in [0.1, 0.15) is 23.4 Å². The molecule has 0 aliphatic rings. The zero-order valence-corrected chi connectivity index (χ0v) is 27.8. The highest BCUT2D eigenvalue weighted by atomic mass is 16.6. The van der Waals surface area contributed by atoms with E-state index in [4.69, 9.17) is 4.74 Å². The maximum atomic E-state index is 14.7. The lowest BCUT2D eigenvalue weighted by atomic mass is 9.96. The van der Waals surface area contributed by atoms with E-state index in [0.717, 1.165) is 41.5 Å². The third kappa shape index (κ3) is 10.7. The second kappa shape index (κ2) is 16.1. The zero-order chi connectivity index (χ0) is 33.1. The molecular formula is C37H49N3O5. The van der Waals surface area contributed by atoms with Crippen LogP contribution < -0.4 is 10.6 Å². The first-order valence-corrected chi connectivity index (χ1v) is 15.8. The van der Waals surface area contributed by atoms with Crippen LogP contribution in [0.4, 0.5) is 10.5 Å². The van der Waals surface area contributed by atoms with Gasteiger partial charge in [-0.25, -0.2) is 4.79 Å². The molecule has 3 N–H and O–H groups in total. The van der Waals surface area contributed by atoms with Gasteiger partial charge >= 0.3 is 6.09 Å². The topological polar surface area (TPSA) is 108 Å². The molecular weight excluding hydrogens is 566 g/mol. The van der Waals surface area contributed by atoms with Gasteiger partial charge in [-0.1, -0.05) is 74.7 Å². The highest BCUT2D eigenvalue weighted by Gasteiger charge is 2.36. The van der Waals surface area contributed by atoms with E-state index in [1.54, 1.807) is 49.9 Å². The number of nitrogens with zero attached hydrogens (tertiary/aromatic N) is 1. The van der Waals surface area contributed by atoms with Crippen molar-refractivity contribution in [2.75, 3.05) is 11.9 Å². The predicted octanol–water partition coefficient (Wildman–Crippen LogP) is 7.54. The van der Waals surface area contributed by atoms with Crippen molar-refractivity contribution in [3.05, 3.63) is 94.5 Å². The number of aromatic hydroxyl groups is 1. The van der Waals surface area contributed by atoms with E-state index in [2.05, 4.69) is 17.6 Å². The van der Waals surface area contributed by atoms with Crippen molar-refractivity contribution in [2.24, 2.45) is 0 Å². The van der Waals surface area contributed by atoms with Gasteiger partial charge in [-0.05, 0) is 94.0 Å². The minimum atomic E-state index is -1.03. The summed E-state index contributed by atoms with van der Waals surface area (Å²) in [5.74, 6) is -0.632. The molecule has 0 saturated heterocycles. The molecule has 2 atom stereocenters. The van der Waals surface area contributed by atoms with Gasteiger partial charge in [0.25, 0.3) is 5.91 Å². The third-order valence-electron chi connectivity index (χ3n) is 7.71. The van der Waals surface area contributed by atoms with Crippen LogP contribution in [-0.4, -0.2) is 46.1 Å². The molecule has 0 saturated carbocycles. The van der Waals surface area contributed by atoms with Crippen LogP contribution >= 0.6 is 0 Å². The Morgan fingerprint density at radius 1 is 0.867 bits per heavy atom. The maximum absolute atomic E-state index is 14.7. The number of nitrogens with one attached hydrogen (secondary N) is 2. The van der Waals surface area contributed by atoms with Crippen molar-refractivity contribution in [3.63, 3.8) is 0 Å². The number of phenols is 1. The molecule has 0 radical (unpaired) electrons. The molecule has 3 rings (SSSR count). The minimum absolute atomic E-state index is 0.0990. The maximum Gasteiger partial charge on any atom is 0.408 e. The summed E-state index contributed by atoms with van der Waals surface area (Å²) in [6, 6.07) is 17.9. The molecule has 0 heterocycles. The van der Waals surface area contributed by atoms with Crippen molar-refractivity contribution < 1.29 is 24.2 Å². The van der Waals surface area contributed by atoms with Gasteiger partial charge in [-0.2, -0.15) is 0 Å². The normalized spacial score (nSPS) is 12.6. The van der Waals surface area contributed by atoms with E-state index in [1.807, 2.05) is 63.2 Å². The number of hydrogen-bond acceptors (Lipinski definition) is 5. The van der Waals surface area contributed by atoms with E-state index < -0.39 is 29.7 Å². The average Bonchev–Trinajstić information content (AvgIpc) is 2.97. The molecule has 0 aliphatic heterocycles. The summed E-state index contributed by atoms with van der Waals surface area (Å²) in [7, 11) is 0. The van der Waals surface area contributed by atoms with Crippen molar-refractivity contribution in [1.29, 1.82) is 0 Å². The summed E-state index contributed by atoms with van der Waals surface area (Å²) < 4.78 is 5.54. The number of rotatable bonds is 13. The fourth-order valence-electron chi connectivity index (χ4n) is 5.12. The van der Waals surface area contributed by atoms with Crippen LogP contribution in [0.3, 0.4) is 0 Å². The monoisotopic (exact) mass is 615 g/mol. The number of phenolic OH excluding ortho intramolecular Hbond substituents is 1. The standard InChI is InChI=1S/C37H49N3O5/c1-8-9-10-13-22-40(35(43)32(39-36(44)45-37(5,6)7)24-28-17-20-30(41)21-18-28)33(29-19-16-25(2)27(4)23-29)34(42)38-31-15-12-11-14-26(31)3/h11-12,14-21,23,32-33,41H,8-10,13,22,24H2,1-7H3,(H,38,42)(H,39,44). The smallest absolute Gasteiger partial charge is 0.408 e. The van der Waals surface area contributed by atoms with Crippen LogP contribution in [0.25, 0.3) is 0 Å². The molecule has 8 heteroatoms. The van der Waals surface area contributed by atoms with Crippen molar-refractivity contribution in [2.45, 2.75) is 98.3 Å². The molecule has 0 bridgehead atoms. The number of hydrogen-bond donors (Lipinski definition) is 3. The van der Waals surface area contributed by atoms with Gasteiger partial charge in [0.15, 0.2) is 0 Å². The SMILES string of the molecule is CCCCCCN(C(=O)C(Cc1ccc(O)cc1)NC(=O)OC(C)(C)C)C(C(=O)Nc1ccccc1C)c1ccc(C)c(C)c1. The molecule has 8 nitrogen and oxygen atoms in total. The Bertz CT molecular complexity index is 1450. The van der Waals surface area contributed by atoms with E-state index in [-0.39, 0.29) is 18.1 Å². The van der Waals surface area contributed by atoms with E-state index in [0.29, 0.717) is 24.2 Å². The Kier molecular flexibility index (Phi) is 12.6. The fourth-order valence-corrected chi connectivity index (χ4v) is 5.12. The predicted molar refractivity (Wildman–Crippen MR) is 179 cm³/mol. The van der Waals surface area contributed by atoms with Gasteiger partial charge in [-0.15, -0.1) is 0 Å². The second-order valence-electron chi connectivity index (χ2n) is 12.7. The number of carbonyl (C=O) groups is 3. The lowest BCUT2D eigenvalue weighted by Crippen LogP contribution is -2.53. The van der Waals surface area contributed by atoms with E-state index in [9.17, 15) is 19.5 Å². The number of para-hydroxylation sites is 1.